The molecule has 10 heteroatoms. The Kier molecular flexibility index (Phi) is 9.24. The number of hydrogen-bond donors (Lipinski definition) is 1. The molecule has 1 aliphatic heterocycles. The summed E-state index contributed by atoms with van der Waals surface area (Å²) in [5.74, 6) is 0.252. The second-order valence-electron chi connectivity index (χ2n) is 7.93. The zero-order chi connectivity index (χ0) is 23.1. The van der Waals surface area contributed by atoms with Crippen LogP contribution in [0.3, 0.4) is 0 Å². The maximum absolute atomic E-state index is 13.3. The summed E-state index contributed by atoms with van der Waals surface area (Å²) in [6.45, 7) is 6.94. The van der Waals surface area contributed by atoms with Crippen molar-refractivity contribution in [3.8, 4) is 11.4 Å². The second kappa shape index (κ2) is 11.9. The molecular formula is C22H31ClN4O4S. The van der Waals surface area contributed by atoms with E-state index in [1.54, 1.807) is 30.5 Å². The molecular weight excluding hydrogens is 452 g/mol. The highest BCUT2D eigenvalue weighted by Gasteiger charge is 2.30. The molecule has 0 spiro atoms. The Morgan fingerprint density at radius 2 is 1.97 bits per heavy atom. The molecule has 0 amide bonds. The van der Waals surface area contributed by atoms with Crippen LogP contribution in [0.1, 0.15) is 33.1 Å². The van der Waals surface area contributed by atoms with Crippen LogP contribution in [0.25, 0.3) is 5.69 Å². The third kappa shape index (κ3) is 6.17. The largest absolute Gasteiger partial charge is 0.598 e. The zero-order valence-electron chi connectivity index (χ0n) is 18.6. The highest BCUT2D eigenvalue weighted by Crippen LogP contribution is 2.27. The number of aliphatic hydroxyl groups is 1. The first-order valence-electron chi connectivity index (χ1n) is 10.9. The molecule has 176 valence electrons. The zero-order valence-corrected chi connectivity index (χ0v) is 20.1. The molecule has 1 aromatic heterocycles. The van der Waals surface area contributed by atoms with E-state index in [4.69, 9.17) is 21.4 Å². The van der Waals surface area contributed by atoms with Crippen molar-refractivity contribution >= 4 is 28.7 Å². The van der Waals surface area contributed by atoms with Crippen LogP contribution < -0.4 is 15.2 Å². The van der Waals surface area contributed by atoms with Crippen molar-refractivity contribution in [1.29, 1.82) is 0 Å². The quantitative estimate of drug-likeness (QED) is 0.411. The Balaban J connectivity index is 1.84. The van der Waals surface area contributed by atoms with Gasteiger partial charge in [0.2, 0.25) is 5.75 Å². The Labute approximate surface area is 197 Å². The lowest BCUT2D eigenvalue weighted by Gasteiger charge is -2.36. The van der Waals surface area contributed by atoms with Gasteiger partial charge in [0.25, 0.3) is 0 Å². The molecule has 1 saturated heterocycles. The summed E-state index contributed by atoms with van der Waals surface area (Å²) in [5.41, 5.74) is 0.863. The first-order valence-corrected chi connectivity index (χ1v) is 12.5. The Morgan fingerprint density at radius 1 is 1.22 bits per heavy atom. The van der Waals surface area contributed by atoms with Gasteiger partial charge in [0.1, 0.15) is 10.9 Å². The molecule has 1 atom stereocenters. The molecule has 0 aliphatic carbocycles. The van der Waals surface area contributed by atoms with Gasteiger partial charge >= 0.3 is 5.56 Å². The lowest BCUT2D eigenvalue weighted by Crippen LogP contribution is -2.50. The number of halogens is 1. The first kappa shape index (κ1) is 24.9. The molecule has 0 saturated carbocycles. The molecule has 3 rings (SSSR count). The first-order chi connectivity index (χ1) is 15.4. The summed E-state index contributed by atoms with van der Waals surface area (Å²) in [4.78, 5) is 15.4. The maximum atomic E-state index is 13.3. The van der Waals surface area contributed by atoms with Crippen molar-refractivity contribution in [3.63, 3.8) is 0 Å². The van der Waals surface area contributed by atoms with Gasteiger partial charge in [-0.05, 0) is 51.3 Å². The summed E-state index contributed by atoms with van der Waals surface area (Å²) in [5, 5.41) is 13.9. The topological polar surface area (TPSA) is 93.9 Å². The summed E-state index contributed by atoms with van der Waals surface area (Å²) in [6, 6.07) is 6.96. The highest BCUT2D eigenvalue weighted by atomic mass is 35.5. The minimum atomic E-state index is -1.02. The van der Waals surface area contributed by atoms with Crippen molar-refractivity contribution in [2.24, 2.45) is 0 Å². The van der Waals surface area contributed by atoms with Crippen LogP contribution in [-0.4, -0.2) is 68.4 Å². The molecule has 32 heavy (non-hydrogen) atoms. The van der Waals surface area contributed by atoms with Gasteiger partial charge < -0.3 is 19.3 Å². The monoisotopic (exact) mass is 482 g/mol. The van der Waals surface area contributed by atoms with Crippen LogP contribution in [0.5, 0.6) is 5.75 Å². The van der Waals surface area contributed by atoms with Crippen LogP contribution in [0, 0.1) is 0 Å². The number of aromatic nitrogens is 2. The Hall–Kier alpha value is -1.78. The third-order valence-corrected chi connectivity index (χ3v) is 7.17. The average molecular weight is 483 g/mol. The van der Waals surface area contributed by atoms with Crippen molar-refractivity contribution in [2.75, 3.05) is 44.3 Å². The number of aliphatic hydroxyl groups excluding tert-OH is 1. The number of ether oxygens (including phenoxy) is 1. The van der Waals surface area contributed by atoms with E-state index in [1.807, 2.05) is 18.2 Å². The van der Waals surface area contributed by atoms with Gasteiger partial charge in [0.15, 0.2) is 0 Å². The number of piperazine rings is 1. The van der Waals surface area contributed by atoms with Gasteiger partial charge in [0.05, 0.1) is 31.6 Å². The lowest BCUT2D eigenvalue weighted by molar-refractivity contribution is 0.264. The molecule has 0 bridgehead atoms. The number of anilines is 1. The summed E-state index contributed by atoms with van der Waals surface area (Å²) >= 11 is 5.08. The van der Waals surface area contributed by atoms with Gasteiger partial charge in [0, 0.05) is 36.1 Å². The fraction of sp³-hybridized carbons (Fsp3) is 0.545. The normalized spacial score (nSPS) is 15.9. The molecule has 1 aliphatic rings. The fourth-order valence-electron chi connectivity index (χ4n) is 3.55. The SMILES string of the molecule is CC(C)[S+]([O-])N1CCN(c2cnn(-c3cccc(Cl)c3)c(=O)c2OCCCCCO)CC1. The molecule has 2 aromatic rings. The van der Waals surface area contributed by atoms with Gasteiger partial charge in [-0.25, -0.2) is 0 Å². The van der Waals surface area contributed by atoms with Gasteiger partial charge in [-0.3, -0.25) is 4.79 Å². The summed E-state index contributed by atoms with van der Waals surface area (Å²) < 4.78 is 21.7. The van der Waals surface area contributed by atoms with Gasteiger partial charge in [-0.1, -0.05) is 17.7 Å². The smallest absolute Gasteiger partial charge is 0.316 e. The Bertz CT molecular complexity index is 934. The molecule has 1 aromatic carbocycles. The van der Waals surface area contributed by atoms with Crippen molar-refractivity contribution in [2.45, 2.75) is 38.4 Å². The van der Waals surface area contributed by atoms with Crippen LogP contribution in [-0.2, 0) is 11.4 Å². The van der Waals surface area contributed by atoms with Gasteiger partial charge in [-0.2, -0.15) is 9.78 Å². The lowest BCUT2D eigenvalue weighted by atomic mass is 10.2. The number of rotatable bonds is 10. The maximum Gasteiger partial charge on any atom is 0.316 e. The van der Waals surface area contributed by atoms with Crippen molar-refractivity contribution < 1.29 is 14.4 Å². The van der Waals surface area contributed by atoms with E-state index < -0.39 is 11.4 Å². The van der Waals surface area contributed by atoms with E-state index in [-0.39, 0.29) is 23.2 Å². The van der Waals surface area contributed by atoms with Crippen LogP contribution in [0.4, 0.5) is 5.69 Å². The van der Waals surface area contributed by atoms with E-state index in [1.165, 1.54) is 4.68 Å². The Morgan fingerprint density at radius 3 is 2.62 bits per heavy atom. The number of nitrogens with zero attached hydrogens (tertiary/aromatic N) is 4. The number of benzene rings is 1. The third-order valence-electron chi connectivity index (χ3n) is 5.25. The molecule has 1 fully saturated rings. The van der Waals surface area contributed by atoms with E-state index in [9.17, 15) is 9.35 Å². The van der Waals surface area contributed by atoms with E-state index in [2.05, 4.69) is 10.00 Å². The van der Waals surface area contributed by atoms with Gasteiger partial charge in [-0.15, -0.1) is 4.31 Å². The molecule has 1 N–H and O–H groups in total. The summed E-state index contributed by atoms with van der Waals surface area (Å²) in [7, 11) is 0. The second-order valence-corrected chi connectivity index (χ2v) is 10.4. The highest BCUT2D eigenvalue weighted by molar-refractivity contribution is 7.89. The molecule has 8 nitrogen and oxygen atoms in total. The predicted octanol–water partition coefficient (Wildman–Crippen LogP) is 2.62. The average Bonchev–Trinajstić information content (AvgIpc) is 2.79. The van der Waals surface area contributed by atoms with Crippen LogP contribution in [0.15, 0.2) is 35.3 Å². The predicted molar refractivity (Wildman–Crippen MR) is 128 cm³/mol. The molecule has 0 radical (unpaired) electrons. The van der Waals surface area contributed by atoms with Crippen molar-refractivity contribution in [1.82, 2.24) is 14.1 Å². The number of unbranched alkanes of at least 4 members (excludes halogenated alkanes) is 2. The van der Waals surface area contributed by atoms with Crippen LogP contribution in [0.2, 0.25) is 5.02 Å². The fourth-order valence-corrected chi connectivity index (χ4v) is 4.86. The molecule has 1 unspecified atom stereocenters. The standard InChI is InChI=1S/C22H31ClN4O4S/c1-17(2)32(30)26-11-9-25(10-12-26)20-16-24-27(19-8-6-7-18(23)15-19)22(29)21(20)31-14-5-3-4-13-28/h6-8,15-17,28H,3-5,9-14H2,1-2H3. The van der Waals surface area contributed by atoms with E-state index in [0.29, 0.717) is 55.6 Å². The molecule has 2 heterocycles. The van der Waals surface area contributed by atoms with Crippen molar-refractivity contribution in [3.05, 3.63) is 45.8 Å². The summed E-state index contributed by atoms with van der Waals surface area (Å²) in [6.07, 6.45) is 3.91. The van der Waals surface area contributed by atoms with Crippen LogP contribution >= 0.6 is 11.6 Å². The van der Waals surface area contributed by atoms with E-state index in [0.717, 1.165) is 12.8 Å². The minimum absolute atomic E-state index is 0.0719. The van der Waals surface area contributed by atoms with E-state index >= 15 is 0 Å². The number of hydrogen-bond acceptors (Lipinski definition) is 7. The minimum Gasteiger partial charge on any atom is -0.598 e.